The molecule has 1 aliphatic heterocycles. The smallest absolute Gasteiger partial charge is 0.117 e. The molecule has 4 heteroatoms. The predicted molar refractivity (Wildman–Crippen MR) is 80.0 cm³/mol. The minimum atomic E-state index is -0.245. The quantitative estimate of drug-likeness (QED) is 0.710. The molecule has 0 fully saturated rings. The fraction of sp³-hybridized carbons (Fsp3) is 0.200. The van der Waals surface area contributed by atoms with Crippen LogP contribution in [0.4, 0.5) is 11.4 Å². The zero-order chi connectivity index (χ0) is 13.8. The summed E-state index contributed by atoms with van der Waals surface area (Å²) in [6.07, 6.45) is 0. The number of nitrogens with one attached hydrogen (secondary N) is 1. The Bertz CT molecular complexity index is 680. The van der Waals surface area contributed by atoms with Gasteiger partial charge in [0.25, 0.3) is 0 Å². The third kappa shape index (κ3) is 1.87. The van der Waals surface area contributed by atoms with Crippen LogP contribution in [-0.2, 0) is 5.41 Å². The highest BCUT2D eigenvalue weighted by molar-refractivity contribution is 6.36. The van der Waals surface area contributed by atoms with Gasteiger partial charge < -0.3 is 10.4 Å². The third-order valence-electron chi connectivity index (χ3n) is 3.63. The molecule has 2 nitrogen and oxygen atoms in total. The lowest BCUT2D eigenvalue weighted by molar-refractivity contribution is 0.474. The highest BCUT2D eigenvalue weighted by atomic mass is 35.5. The van der Waals surface area contributed by atoms with Crippen molar-refractivity contribution in [2.45, 2.75) is 19.3 Å². The number of phenols is 1. The standard InChI is InChI=1S/C15H13Cl2NO/c1-15(2)10-4-3-9(19)7-12(10)18-13-6-8(16)5-11(17)14(13)15/h3-7,18-19H,1-2H3. The Morgan fingerprint density at radius 1 is 1.05 bits per heavy atom. The number of hydrogen-bond donors (Lipinski definition) is 2. The Hall–Kier alpha value is -1.38. The second-order valence-electron chi connectivity index (χ2n) is 5.29. The molecule has 0 atom stereocenters. The number of halogens is 2. The molecule has 0 radical (unpaired) electrons. The summed E-state index contributed by atoms with van der Waals surface area (Å²) >= 11 is 12.4. The average Bonchev–Trinajstić information content (AvgIpc) is 2.25. The van der Waals surface area contributed by atoms with Gasteiger partial charge in [0, 0.05) is 38.5 Å². The van der Waals surface area contributed by atoms with Crippen molar-refractivity contribution < 1.29 is 5.11 Å². The van der Waals surface area contributed by atoms with Gasteiger partial charge in [-0.05, 0) is 23.8 Å². The molecule has 0 aliphatic carbocycles. The first-order chi connectivity index (χ1) is 8.89. The molecule has 0 amide bonds. The number of hydrogen-bond acceptors (Lipinski definition) is 2. The molecular weight excluding hydrogens is 281 g/mol. The van der Waals surface area contributed by atoms with Crippen molar-refractivity contribution >= 4 is 34.6 Å². The zero-order valence-electron chi connectivity index (χ0n) is 10.6. The summed E-state index contributed by atoms with van der Waals surface area (Å²) in [7, 11) is 0. The fourth-order valence-electron chi connectivity index (χ4n) is 2.77. The minimum Gasteiger partial charge on any atom is -0.508 e. The Balaban J connectivity index is 2.30. The molecule has 1 aliphatic rings. The minimum absolute atomic E-state index is 0.235. The van der Waals surface area contributed by atoms with Crippen LogP contribution in [-0.4, -0.2) is 5.11 Å². The van der Waals surface area contributed by atoms with Gasteiger partial charge >= 0.3 is 0 Å². The molecule has 2 N–H and O–H groups in total. The summed E-state index contributed by atoms with van der Waals surface area (Å²) in [6, 6.07) is 8.95. The second kappa shape index (κ2) is 4.06. The van der Waals surface area contributed by atoms with Gasteiger partial charge in [-0.1, -0.05) is 43.1 Å². The molecule has 0 aromatic heterocycles. The topological polar surface area (TPSA) is 32.3 Å². The van der Waals surface area contributed by atoms with E-state index in [0.29, 0.717) is 10.0 Å². The summed E-state index contributed by atoms with van der Waals surface area (Å²) < 4.78 is 0. The monoisotopic (exact) mass is 293 g/mol. The molecule has 0 saturated carbocycles. The van der Waals surface area contributed by atoms with E-state index >= 15 is 0 Å². The van der Waals surface area contributed by atoms with E-state index in [4.69, 9.17) is 23.2 Å². The second-order valence-corrected chi connectivity index (χ2v) is 6.13. The maximum Gasteiger partial charge on any atom is 0.117 e. The summed E-state index contributed by atoms with van der Waals surface area (Å²) in [4.78, 5) is 0. The lowest BCUT2D eigenvalue weighted by Crippen LogP contribution is -2.26. The maximum atomic E-state index is 9.62. The van der Waals surface area contributed by atoms with E-state index in [1.54, 1.807) is 18.2 Å². The van der Waals surface area contributed by atoms with E-state index < -0.39 is 0 Å². The number of anilines is 2. The van der Waals surface area contributed by atoms with Crippen LogP contribution in [0.5, 0.6) is 5.75 Å². The van der Waals surface area contributed by atoms with Crippen molar-refractivity contribution in [2.75, 3.05) is 5.32 Å². The zero-order valence-corrected chi connectivity index (χ0v) is 12.1. The van der Waals surface area contributed by atoms with E-state index in [9.17, 15) is 5.11 Å². The Kier molecular flexibility index (Phi) is 2.70. The van der Waals surface area contributed by atoms with Gasteiger partial charge in [-0.2, -0.15) is 0 Å². The first kappa shape index (κ1) is 12.6. The molecule has 19 heavy (non-hydrogen) atoms. The SMILES string of the molecule is CC1(C)c2ccc(O)cc2Nc2cc(Cl)cc(Cl)c21. The molecule has 0 saturated heterocycles. The number of benzene rings is 2. The summed E-state index contributed by atoms with van der Waals surface area (Å²) in [5.74, 6) is 0.235. The predicted octanol–water partition coefficient (Wildman–Crippen LogP) is 5.08. The van der Waals surface area contributed by atoms with Crippen molar-refractivity contribution in [3.05, 3.63) is 51.5 Å². The highest BCUT2D eigenvalue weighted by Crippen LogP contribution is 2.49. The number of aromatic hydroxyl groups is 1. The third-order valence-corrected chi connectivity index (χ3v) is 4.14. The van der Waals surface area contributed by atoms with Crippen LogP contribution >= 0.6 is 23.2 Å². The summed E-state index contributed by atoms with van der Waals surface area (Å²) in [5, 5.41) is 14.2. The van der Waals surface area contributed by atoms with Crippen LogP contribution in [0.1, 0.15) is 25.0 Å². The van der Waals surface area contributed by atoms with E-state index in [2.05, 4.69) is 19.2 Å². The van der Waals surface area contributed by atoms with Gasteiger partial charge in [-0.3, -0.25) is 0 Å². The van der Waals surface area contributed by atoms with Gasteiger partial charge in [0.15, 0.2) is 0 Å². The summed E-state index contributed by atoms with van der Waals surface area (Å²) in [6.45, 7) is 4.23. The van der Waals surface area contributed by atoms with E-state index in [0.717, 1.165) is 22.5 Å². The Labute approximate surface area is 122 Å². The van der Waals surface area contributed by atoms with Crippen molar-refractivity contribution in [3.63, 3.8) is 0 Å². The number of fused-ring (bicyclic) bond motifs is 2. The van der Waals surface area contributed by atoms with Gasteiger partial charge in [-0.15, -0.1) is 0 Å². The van der Waals surface area contributed by atoms with Crippen LogP contribution in [0.2, 0.25) is 10.0 Å². The van der Waals surface area contributed by atoms with Crippen LogP contribution in [0.25, 0.3) is 0 Å². The van der Waals surface area contributed by atoms with Gasteiger partial charge in [0.05, 0.1) is 0 Å². The molecule has 2 aromatic carbocycles. The van der Waals surface area contributed by atoms with Crippen LogP contribution in [0, 0.1) is 0 Å². The van der Waals surface area contributed by atoms with Crippen molar-refractivity contribution in [1.82, 2.24) is 0 Å². The van der Waals surface area contributed by atoms with Crippen molar-refractivity contribution in [2.24, 2.45) is 0 Å². The van der Waals surface area contributed by atoms with Gasteiger partial charge in [0.1, 0.15) is 5.75 Å². The Morgan fingerprint density at radius 2 is 1.79 bits per heavy atom. The number of phenolic OH excluding ortho intramolecular Hbond substituents is 1. The number of rotatable bonds is 0. The highest BCUT2D eigenvalue weighted by Gasteiger charge is 2.34. The van der Waals surface area contributed by atoms with E-state index in [-0.39, 0.29) is 11.2 Å². The lowest BCUT2D eigenvalue weighted by atomic mass is 9.74. The average molecular weight is 294 g/mol. The van der Waals surface area contributed by atoms with E-state index in [1.807, 2.05) is 12.1 Å². The first-order valence-electron chi connectivity index (χ1n) is 5.99. The molecule has 1 heterocycles. The molecule has 98 valence electrons. The fourth-order valence-corrected chi connectivity index (χ4v) is 3.50. The molecule has 0 bridgehead atoms. The molecule has 0 spiro atoms. The van der Waals surface area contributed by atoms with Crippen LogP contribution < -0.4 is 5.32 Å². The molecular formula is C15H13Cl2NO. The van der Waals surface area contributed by atoms with E-state index in [1.165, 1.54) is 0 Å². The largest absolute Gasteiger partial charge is 0.508 e. The Morgan fingerprint density at radius 3 is 2.53 bits per heavy atom. The van der Waals surface area contributed by atoms with Gasteiger partial charge in [-0.25, -0.2) is 0 Å². The van der Waals surface area contributed by atoms with Crippen LogP contribution in [0.15, 0.2) is 30.3 Å². The maximum absolute atomic E-state index is 9.62. The molecule has 3 rings (SSSR count). The van der Waals surface area contributed by atoms with Crippen molar-refractivity contribution in [1.29, 1.82) is 0 Å². The normalized spacial score (nSPS) is 15.4. The first-order valence-corrected chi connectivity index (χ1v) is 6.75. The summed E-state index contributed by atoms with van der Waals surface area (Å²) in [5.41, 5.74) is 3.65. The van der Waals surface area contributed by atoms with Crippen LogP contribution in [0.3, 0.4) is 0 Å². The molecule has 0 unspecified atom stereocenters. The van der Waals surface area contributed by atoms with Crippen molar-refractivity contribution in [3.8, 4) is 5.75 Å². The lowest BCUT2D eigenvalue weighted by Gasteiger charge is -2.36. The molecule has 2 aromatic rings. The van der Waals surface area contributed by atoms with Gasteiger partial charge in [0.2, 0.25) is 0 Å².